The van der Waals surface area contributed by atoms with Crippen LogP contribution in [0.3, 0.4) is 0 Å². The Hall–Kier alpha value is -0.900. The summed E-state index contributed by atoms with van der Waals surface area (Å²) in [7, 11) is 2.28. The summed E-state index contributed by atoms with van der Waals surface area (Å²) in [4.78, 5) is 21.4. The van der Waals surface area contributed by atoms with E-state index in [0.29, 0.717) is 0 Å². The van der Waals surface area contributed by atoms with Crippen LogP contribution in [0.4, 0.5) is 0 Å². The van der Waals surface area contributed by atoms with Gasteiger partial charge in [-0.1, -0.05) is 6.92 Å². The van der Waals surface area contributed by atoms with Gasteiger partial charge in [0.05, 0.1) is 20.1 Å². The van der Waals surface area contributed by atoms with Crippen molar-refractivity contribution in [2.75, 3.05) is 20.1 Å². The highest BCUT2D eigenvalue weighted by Gasteiger charge is 2.13. The van der Waals surface area contributed by atoms with E-state index in [1.54, 1.807) is 4.90 Å². The van der Waals surface area contributed by atoms with Gasteiger partial charge in [-0.2, -0.15) is 0 Å². The van der Waals surface area contributed by atoms with E-state index in [-0.39, 0.29) is 18.6 Å². The molecule has 0 bridgehead atoms. The molecule has 0 spiro atoms. The van der Waals surface area contributed by atoms with E-state index in [1.807, 2.05) is 0 Å². The smallest absolute Gasteiger partial charge is 0.130 e. The molecule has 0 unspecified atom stereocenters. The van der Waals surface area contributed by atoms with Crippen LogP contribution >= 0.6 is 0 Å². The second-order valence-electron chi connectivity index (χ2n) is 4.71. The molecule has 0 aromatic rings. The molecule has 1 N–H and O–H groups in total. The molecule has 0 aliphatic carbocycles. The number of carbonyl (C=O) groups is 2. The van der Waals surface area contributed by atoms with Gasteiger partial charge in [-0.3, -0.25) is 0 Å². The average Bonchev–Trinajstić information content (AvgIpc) is 2.20. The van der Waals surface area contributed by atoms with Crippen LogP contribution in [0.2, 0.25) is 0 Å². The van der Waals surface area contributed by atoms with Crippen LogP contribution in [0.15, 0.2) is 0 Å². The average molecular weight is 229 g/mol. The van der Waals surface area contributed by atoms with Gasteiger partial charge in [0.1, 0.15) is 5.78 Å². The molecule has 4 heteroatoms. The number of piperidine rings is 1. The SMILES string of the molecule is CC(=O)CCC(=O)[O-].CC1CC[NH+](C)CC1. The third-order valence-electron chi connectivity index (χ3n) is 2.81. The number of aliphatic carboxylic acids is 1. The number of hydrogen-bond acceptors (Lipinski definition) is 3. The Bertz CT molecular complexity index is 196. The number of carbonyl (C=O) groups excluding carboxylic acids is 2. The highest BCUT2D eigenvalue weighted by molar-refractivity contribution is 5.79. The molecule has 4 nitrogen and oxygen atoms in total. The molecule has 0 aromatic carbocycles. The Morgan fingerprint density at radius 3 is 2.00 bits per heavy atom. The predicted molar refractivity (Wildman–Crippen MR) is 59.9 cm³/mol. The molecule has 1 heterocycles. The summed E-state index contributed by atoms with van der Waals surface area (Å²) in [5.74, 6) is -0.284. The largest absolute Gasteiger partial charge is 0.550 e. The van der Waals surface area contributed by atoms with Crippen molar-refractivity contribution in [2.45, 2.75) is 39.5 Å². The molecule has 1 aliphatic heterocycles. The zero-order valence-electron chi connectivity index (χ0n) is 10.5. The van der Waals surface area contributed by atoms with Gasteiger partial charge in [-0.15, -0.1) is 0 Å². The Morgan fingerprint density at radius 2 is 1.75 bits per heavy atom. The van der Waals surface area contributed by atoms with E-state index in [4.69, 9.17) is 0 Å². The molecule has 0 amide bonds. The maximum absolute atomic E-state index is 10.1. The van der Waals surface area contributed by atoms with Crippen LogP contribution in [0, 0.1) is 5.92 Å². The zero-order valence-corrected chi connectivity index (χ0v) is 10.5. The molecule has 0 radical (unpaired) electrons. The molecule has 0 atom stereocenters. The van der Waals surface area contributed by atoms with Crippen molar-refractivity contribution < 1.29 is 19.6 Å². The lowest BCUT2D eigenvalue weighted by atomic mass is 10.00. The Balaban J connectivity index is 0.000000281. The van der Waals surface area contributed by atoms with Gasteiger partial charge in [0.25, 0.3) is 0 Å². The first-order valence-electron chi connectivity index (χ1n) is 5.92. The van der Waals surface area contributed by atoms with Crippen LogP contribution in [-0.4, -0.2) is 31.9 Å². The third kappa shape index (κ3) is 9.65. The fourth-order valence-corrected chi connectivity index (χ4v) is 1.53. The minimum absolute atomic E-state index is 0.0856. The lowest BCUT2D eigenvalue weighted by Crippen LogP contribution is -3.10. The van der Waals surface area contributed by atoms with E-state index in [2.05, 4.69) is 14.0 Å². The normalized spacial score (nSPS) is 24.2. The quantitative estimate of drug-likeness (QED) is 0.678. The fourth-order valence-electron chi connectivity index (χ4n) is 1.53. The third-order valence-corrected chi connectivity index (χ3v) is 2.81. The Labute approximate surface area is 97.6 Å². The van der Waals surface area contributed by atoms with E-state index in [9.17, 15) is 14.7 Å². The Morgan fingerprint density at radius 1 is 1.25 bits per heavy atom. The summed E-state index contributed by atoms with van der Waals surface area (Å²) in [6.45, 7) is 6.48. The van der Waals surface area contributed by atoms with Crippen molar-refractivity contribution >= 4 is 11.8 Å². The van der Waals surface area contributed by atoms with Crippen LogP contribution in [0.5, 0.6) is 0 Å². The predicted octanol–water partition coefficient (Wildman–Crippen LogP) is -0.963. The van der Waals surface area contributed by atoms with E-state index < -0.39 is 5.97 Å². The van der Waals surface area contributed by atoms with Crippen LogP contribution in [0.1, 0.15) is 39.5 Å². The zero-order chi connectivity index (χ0) is 12.6. The molecule has 94 valence electrons. The number of carboxylic acids is 1. The van der Waals surface area contributed by atoms with E-state index >= 15 is 0 Å². The van der Waals surface area contributed by atoms with Crippen molar-refractivity contribution in [1.82, 2.24) is 0 Å². The molecular weight excluding hydrogens is 206 g/mol. The fraction of sp³-hybridized carbons (Fsp3) is 0.833. The summed E-state index contributed by atoms with van der Waals surface area (Å²) in [5.41, 5.74) is 0. The number of rotatable bonds is 3. The topological polar surface area (TPSA) is 61.6 Å². The minimum atomic E-state index is -1.17. The summed E-state index contributed by atoms with van der Waals surface area (Å²) >= 11 is 0. The van der Waals surface area contributed by atoms with Crippen LogP contribution < -0.4 is 10.0 Å². The van der Waals surface area contributed by atoms with E-state index in [0.717, 1.165) is 5.92 Å². The number of carboxylic acid groups (broad SMARTS) is 1. The number of Topliss-reactive ketones (excluding diaryl/α,β-unsaturated/α-hetero) is 1. The van der Waals surface area contributed by atoms with Crippen LogP contribution in [0.25, 0.3) is 0 Å². The first kappa shape index (κ1) is 15.1. The highest BCUT2D eigenvalue weighted by atomic mass is 16.4. The lowest BCUT2D eigenvalue weighted by molar-refractivity contribution is -0.885. The van der Waals surface area contributed by atoms with Crippen molar-refractivity contribution in [3.8, 4) is 0 Å². The Kier molecular flexibility index (Phi) is 7.81. The molecule has 1 aliphatic rings. The number of nitrogens with one attached hydrogen (secondary N) is 1. The first-order valence-corrected chi connectivity index (χ1v) is 5.92. The van der Waals surface area contributed by atoms with Gasteiger partial charge >= 0.3 is 0 Å². The lowest BCUT2D eigenvalue weighted by Gasteiger charge is -2.23. The number of likely N-dealkylation sites (tertiary alicyclic amines) is 1. The second-order valence-corrected chi connectivity index (χ2v) is 4.71. The summed E-state index contributed by atoms with van der Waals surface area (Å²) in [6.07, 6.45) is 2.80. The summed E-state index contributed by atoms with van der Waals surface area (Å²) < 4.78 is 0. The second kappa shape index (κ2) is 8.28. The van der Waals surface area contributed by atoms with Crippen LogP contribution in [-0.2, 0) is 9.59 Å². The maximum atomic E-state index is 10.1. The summed E-state index contributed by atoms with van der Waals surface area (Å²) in [6, 6.07) is 0. The van der Waals surface area contributed by atoms with Gasteiger partial charge in [0, 0.05) is 12.4 Å². The summed E-state index contributed by atoms with van der Waals surface area (Å²) in [5, 5.41) is 9.64. The molecule has 16 heavy (non-hydrogen) atoms. The van der Waals surface area contributed by atoms with Gasteiger partial charge < -0.3 is 19.6 Å². The van der Waals surface area contributed by atoms with Gasteiger partial charge in [-0.05, 0) is 32.1 Å². The van der Waals surface area contributed by atoms with Crippen molar-refractivity contribution in [3.63, 3.8) is 0 Å². The van der Waals surface area contributed by atoms with Crippen molar-refractivity contribution in [1.29, 1.82) is 0 Å². The maximum Gasteiger partial charge on any atom is 0.130 e. The molecule has 1 saturated heterocycles. The van der Waals surface area contributed by atoms with Gasteiger partial charge in [0.2, 0.25) is 0 Å². The number of quaternary nitrogens is 1. The standard InChI is InChI=1S/C7H15N.C5H8O3/c1-7-3-5-8(2)6-4-7;1-4(6)2-3-5(7)8/h7H,3-6H2,1-2H3;2-3H2,1H3,(H,7,8). The minimum Gasteiger partial charge on any atom is -0.550 e. The van der Waals surface area contributed by atoms with E-state index in [1.165, 1.54) is 32.9 Å². The molecular formula is C12H23NO3. The monoisotopic (exact) mass is 229 g/mol. The molecule has 0 saturated carbocycles. The molecule has 0 aromatic heterocycles. The molecule has 1 fully saturated rings. The number of ketones is 1. The van der Waals surface area contributed by atoms with Crippen molar-refractivity contribution in [3.05, 3.63) is 0 Å². The molecule has 1 rings (SSSR count). The number of hydrogen-bond donors (Lipinski definition) is 1. The first-order chi connectivity index (χ1) is 7.41. The van der Waals surface area contributed by atoms with Gasteiger partial charge in [0.15, 0.2) is 0 Å². The van der Waals surface area contributed by atoms with Gasteiger partial charge in [-0.25, -0.2) is 0 Å². The van der Waals surface area contributed by atoms with Crippen molar-refractivity contribution in [2.24, 2.45) is 5.92 Å². The highest BCUT2D eigenvalue weighted by Crippen LogP contribution is 2.05.